The molecule has 1 aromatic rings. The van der Waals surface area contributed by atoms with Crippen LogP contribution in [-0.4, -0.2) is 19.0 Å². The lowest BCUT2D eigenvalue weighted by atomic mass is 9.84. The number of methoxy groups -OCH3 is 1. The molecule has 1 saturated carbocycles. The Balaban J connectivity index is 1.58. The minimum atomic E-state index is -0.912. The lowest BCUT2D eigenvalue weighted by molar-refractivity contribution is -0.152. The Hall–Kier alpha value is -1.84. The molecule has 3 aliphatic carbocycles. The van der Waals surface area contributed by atoms with Crippen LogP contribution in [0.4, 0.5) is 0 Å². The van der Waals surface area contributed by atoms with Crippen molar-refractivity contribution in [3.05, 3.63) is 34.9 Å². The van der Waals surface area contributed by atoms with E-state index in [1.807, 2.05) is 0 Å². The van der Waals surface area contributed by atoms with Crippen molar-refractivity contribution in [1.29, 1.82) is 0 Å². The highest BCUT2D eigenvalue weighted by Crippen LogP contribution is 2.50. The molecule has 4 nitrogen and oxygen atoms in total. The van der Waals surface area contributed by atoms with E-state index in [-0.39, 0.29) is 11.9 Å². The quantitative estimate of drug-likeness (QED) is 0.689. The number of nitrogens with one attached hydrogen (secondary N) is 1. The van der Waals surface area contributed by atoms with Gasteiger partial charge in [-0.05, 0) is 61.1 Å². The van der Waals surface area contributed by atoms with Crippen LogP contribution in [-0.2, 0) is 20.7 Å². The Morgan fingerprint density at radius 1 is 1.32 bits per heavy atom. The summed E-state index contributed by atoms with van der Waals surface area (Å²) in [6, 6.07) is 6.49. The zero-order valence-corrected chi connectivity index (χ0v) is 12.9. The largest absolute Gasteiger partial charge is 0.468 e. The van der Waals surface area contributed by atoms with Crippen molar-refractivity contribution in [2.24, 2.45) is 5.41 Å². The molecule has 1 N–H and O–H groups in total. The molecule has 4 heteroatoms. The topological polar surface area (TPSA) is 55.4 Å². The SMILES string of the molecule is COC(=O)C1(C(=O)N[C@@H]2C[C@H]3CCCc4cccc2c43)CC1. The van der Waals surface area contributed by atoms with Gasteiger partial charge in [0.1, 0.15) is 5.41 Å². The summed E-state index contributed by atoms with van der Waals surface area (Å²) in [5.41, 5.74) is 3.25. The van der Waals surface area contributed by atoms with E-state index in [0.29, 0.717) is 18.8 Å². The molecule has 4 rings (SSSR count). The van der Waals surface area contributed by atoms with Crippen molar-refractivity contribution in [3.63, 3.8) is 0 Å². The van der Waals surface area contributed by atoms with E-state index in [4.69, 9.17) is 4.74 Å². The fourth-order valence-electron chi connectivity index (χ4n) is 4.26. The molecule has 22 heavy (non-hydrogen) atoms. The van der Waals surface area contributed by atoms with Gasteiger partial charge in [0.25, 0.3) is 0 Å². The molecule has 0 saturated heterocycles. The number of carbonyl (C=O) groups is 2. The van der Waals surface area contributed by atoms with E-state index < -0.39 is 11.4 Å². The van der Waals surface area contributed by atoms with E-state index in [0.717, 1.165) is 12.8 Å². The second-order valence-electron chi connectivity index (χ2n) is 6.84. The van der Waals surface area contributed by atoms with Crippen LogP contribution in [0.15, 0.2) is 18.2 Å². The van der Waals surface area contributed by atoms with Gasteiger partial charge in [0.05, 0.1) is 13.2 Å². The third-order valence-electron chi connectivity index (χ3n) is 5.60. The third kappa shape index (κ3) is 1.89. The first-order valence-corrected chi connectivity index (χ1v) is 8.17. The van der Waals surface area contributed by atoms with Gasteiger partial charge in [0.2, 0.25) is 5.91 Å². The van der Waals surface area contributed by atoms with Gasteiger partial charge in [-0.1, -0.05) is 18.2 Å². The average Bonchev–Trinajstić information content (AvgIpc) is 3.28. The minimum absolute atomic E-state index is 0.0488. The number of amides is 1. The summed E-state index contributed by atoms with van der Waals surface area (Å²) in [6.45, 7) is 0. The van der Waals surface area contributed by atoms with Gasteiger partial charge >= 0.3 is 5.97 Å². The Labute approximate surface area is 130 Å². The Morgan fingerprint density at radius 3 is 2.86 bits per heavy atom. The van der Waals surface area contributed by atoms with Crippen LogP contribution in [0.3, 0.4) is 0 Å². The van der Waals surface area contributed by atoms with E-state index in [1.54, 1.807) is 0 Å². The summed E-state index contributed by atoms with van der Waals surface area (Å²) in [5, 5.41) is 3.13. The highest BCUT2D eigenvalue weighted by Gasteiger charge is 2.58. The molecule has 1 fully saturated rings. The molecular weight excluding hydrogens is 278 g/mol. The maximum absolute atomic E-state index is 12.6. The van der Waals surface area contributed by atoms with Crippen molar-refractivity contribution in [2.75, 3.05) is 7.11 Å². The molecule has 0 heterocycles. The van der Waals surface area contributed by atoms with Crippen LogP contribution >= 0.6 is 0 Å². The lowest BCUT2D eigenvalue weighted by Crippen LogP contribution is -2.39. The van der Waals surface area contributed by atoms with Gasteiger partial charge < -0.3 is 10.1 Å². The van der Waals surface area contributed by atoms with Crippen LogP contribution in [0.25, 0.3) is 0 Å². The number of esters is 1. The Kier molecular flexibility index (Phi) is 3.03. The summed E-state index contributed by atoms with van der Waals surface area (Å²) in [4.78, 5) is 24.4. The average molecular weight is 299 g/mol. The molecule has 0 unspecified atom stereocenters. The molecule has 0 radical (unpaired) electrons. The molecule has 0 aliphatic heterocycles. The van der Waals surface area contributed by atoms with Crippen molar-refractivity contribution < 1.29 is 14.3 Å². The van der Waals surface area contributed by atoms with Crippen LogP contribution in [0.2, 0.25) is 0 Å². The smallest absolute Gasteiger partial charge is 0.321 e. The number of hydrogen-bond acceptors (Lipinski definition) is 3. The second-order valence-corrected chi connectivity index (χ2v) is 6.84. The highest BCUT2D eigenvalue weighted by molar-refractivity contribution is 6.05. The first-order valence-electron chi connectivity index (χ1n) is 8.17. The maximum Gasteiger partial charge on any atom is 0.321 e. The number of aryl methyl sites for hydroxylation is 1. The standard InChI is InChI=1S/C18H21NO3/c1-22-17(21)18(8-9-18)16(20)19-14-10-12-6-2-4-11-5-3-7-13(14)15(11)12/h3,5,7,12,14H,2,4,6,8-10H2,1H3,(H,19,20)/t12-,14-/m1/s1. The van der Waals surface area contributed by atoms with Crippen LogP contribution in [0.1, 0.15) is 60.8 Å². The molecule has 3 aliphatic rings. The fraction of sp³-hybridized carbons (Fsp3) is 0.556. The number of hydrogen-bond donors (Lipinski definition) is 1. The van der Waals surface area contributed by atoms with Crippen LogP contribution < -0.4 is 5.32 Å². The van der Waals surface area contributed by atoms with Crippen LogP contribution in [0, 0.1) is 5.41 Å². The van der Waals surface area contributed by atoms with Gasteiger partial charge in [-0.2, -0.15) is 0 Å². The number of ether oxygens (including phenoxy) is 1. The number of carbonyl (C=O) groups excluding carboxylic acids is 2. The van der Waals surface area contributed by atoms with E-state index in [2.05, 4.69) is 23.5 Å². The third-order valence-corrected chi connectivity index (χ3v) is 5.60. The van der Waals surface area contributed by atoms with E-state index >= 15 is 0 Å². The summed E-state index contributed by atoms with van der Waals surface area (Å²) in [7, 11) is 1.35. The molecule has 0 bridgehead atoms. The molecule has 1 aromatic carbocycles. The predicted molar refractivity (Wildman–Crippen MR) is 81.3 cm³/mol. The van der Waals surface area contributed by atoms with E-state index in [9.17, 15) is 9.59 Å². The molecule has 0 spiro atoms. The maximum atomic E-state index is 12.6. The van der Waals surface area contributed by atoms with Crippen molar-refractivity contribution in [2.45, 2.75) is 50.5 Å². The van der Waals surface area contributed by atoms with Crippen LogP contribution in [0.5, 0.6) is 0 Å². The predicted octanol–water partition coefficient (Wildman–Crippen LogP) is 2.62. The number of benzene rings is 1. The van der Waals surface area contributed by atoms with Gasteiger partial charge in [-0.15, -0.1) is 0 Å². The highest BCUT2D eigenvalue weighted by atomic mass is 16.5. The van der Waals surface area contributed by atoms with Crippen molar-refractivity contribution >= 4 is 11.9 Å². The minimum Gasteiger partial charge on any atom is -0.468 e. The first-order chi connectivity index (χ1) is 10.7. The zero-order valence-electron chi connectivity index (χ0n) is 12.9. The molecular formula is C18H21NO3. The summed E-state index contributed by atoms with van der Waals surface area (Å²) < 4.78 is 4.80. The van der Waals surface area contributed by atoms with E-state index in [1.165, 1.54) is 36.6 Å². The second kappa shape index (κ2) is 4.83. The van der Waals surface area contributed by atoms with Gasteiger partial charge in [-0.25, -0.2) is 0 Å². The molecule has 2 atom stereocenters. The summed E-state index contributed by atoms with van der Waals surface area (Å²) >= 11 is 0. The molecule has 116 valence electrons. The normalized spacial score (nSPS) is 27.0. The lowest BCUT2D eigenvalue weighted by Gasteiger charge is -2.20. The molecule has 1 amide bonds. The Morgan fingerprint density at radius 2 is 2.14 bits per heavy atom. The van der Waals surface area contributed by atoms with Gasteiger partial charge in [0, 0.05) is 0 Å². The summed E-state index contributed by atoms with van der Waals surface area (Å²) in [5.74, 6) is 0.0250. The summed E-state index contributed by atoms with van der Waals surface area (Å²) in [6.07, 6.45) is 5.76. The molecule has 0 aromatic heterocycles. The first kappa shape index (κ1) is 13.8. The monoisotopic (exact) mass is 299 g/mol. The zero-order chi connectivity index (χ0) is 15.3. The van der Waals surface area contributed by atoms with Crippen molar-refractivity contribution in [3.8, 4) is 0 Å². The number of rotatable bonds is 3. The van der Waals surface area contributed by atoms with Gasteiger partial charge in [-0.3, -0.25) is 9.59 Å². The van der Waals surface area contributed by atoms with Crippen molar-refractivity contribution in [1.82, 2.24) is 5.32 Å². The fourth-order valence-corrected chi connectivity index (χ4v) is 4.26. The Bertz CT molecular complexity index is 648. The van der Waals surface area contributed by atoms with Gasteiger partial charge in [0.15, 0.2) is 0 Å².